The second-order valence-electron chi connectivity index (χ2n) is 4.11. The Bertz CT molecular complexity index is 390. The van der Waals surface area contributed by atoms with Crippen LogP contribution in [0.1, 0.15) is 26.5 Å². The van der Waals surface area contributed by atoms with Crippen LogP contribution in [-0.4, -0.2) is 21.5 Å². The summed E-state index contributed by atoms with van der Waals surface area (Å²) in [5.74, 6) is 0. The van der Waals surface area contributed by atoms with E-state index in [1.54, 1.807) is 20.8 Å². The van der Waals surface area contributed by atoms with Gasteiger partial charge in [-0.2, -0.15) is 23.0 Å². The van der Waals surface area contributed by atoms with Gasteiger partial charge in [0.15, 0.2) is 5.69 Å². The Morgan fingerprint density at radius 1 is 1.38 bits per heavy atom. The lowest BCUT2D eigenvalue weighted by molar-refractivity contribution is -0.143. The van der Waals surface area contributed by atoms with Crippen molar-refractivity contribution in [3.63, 3.8) is 0 Å². The van der Waals surface area contributed by atoms with Crippen molar-refractivity contribution in [3.8, 4) is 0 Å². The number of hydrogen-bond donors (Lipinski definition) is 0. The minimum atomic E-state index is -4.63. The summed E-state index contributed by atoms with van der Waals surface area (Å²) in [6.07, 6.45) is -4.88. The van der Waals surface area contributed by atoms with Crippen LogP contribution >= 0.6 is 0 Å². The van der Waals surface area contributed by atoms with Crippen molar-refractivity contribution in [3.05, 3.63) is 18.0 Å². The molecule has 0 spiro atoms. The molecule has 90 valence electrons. The molecule has 0 aliphatic carbocycles. The minimum absolute atomic E-state index is 0.200. The molecular weight excluding hydrogens is 225 g/mol. The molecule has 0 saturated carbocycles. The molecule has 4 nitrogen and oxygen atoms in total. The molecule has 0 N–H and O–H groups in total. The van der Waals surface area contributed by atoms with Gasteiger partial charge in [-0.25, -0.2) is 4.79 Å². The quantitative estimate of drug-likeness (QED) is 0.695. The van der Waals surface area contributed by atoms with Crippen LogP contribution in [-0.2, 0) is 10.9 Å². The average molecular weight is 236 g/mol. The average Bonchev–Trinajstić information content (AvgIpc) is 2.45. The van der Waals surface area contributed by atoms with E-state index in [1.165, 1.54) is 0 Å². The van der Waals surface area contributed by atoms with Gasteiger partial charge in [-0.15, -0.1) is 0 Å². The van der Waals surface area contributed by atoms with Crippen LogP contribution < -0.4 is 0 Å². The van der Waals surface area contributed by atoms with E-state index in [2.05, 4.69) is 5.10 Å². The molecular formula is C9H11F3N2O2. The van der Waals surface area contributed by atoms with Crippen molar-refractivity contribution < 1.29 is 22.7 Å². The van der Waals surface area contributed by atoms with Gasteiger partial charge in [-0.3, -0.25) is 0 Å². The highest BCUT2D eigenvalue weighted by Crippen LogP contribution is 2.29. The molecule has 1 aromatic heterocycles. The molecule has 0 aliphatic rings. The largest absolute Gasteiger partial charge is 0.442 e. The van der Waals surface area contributed by atoms with Gasteiger partial charge >= 0.3 is 12.3 Å². The van der Waals surface area contributed by atoms with Crippen molar-refractivity contribution in [2.75, 3.05) is 0 Å². The molecule has 0 aromatic carbocycles. The van der Waals surface area contributed by atoms with E-state index in [9.17, 15) is 18.0 Å². The fourth-order valence-corrected chi connectivity index (χ4v) is 0.969. The van der Waals surface area contributed by atoms with Gasteiger partial charge < -0.3 is 4.74 Å². The number of hydrogen-bond acceptors (Lipinski definition) is 3. The first-order valence-electron chi connectivity index (χ1n) is 4.46. The molecule has 0 atom stereocenters. The number of carbonyl (C=O) groups excluding carboxylic acids is 1. The molecule has 1 heterocycles. The lowest BCUT2D eigenvalue weighted by Gasteiger charge is -2.20. The lowest BCUT2D eigenvalue weighted by Crippen LogP contribution is -2.30. The third-order valence-corrected chi connectivity index (χ3v) is 1.50. The summed E-state index contributed by atoms with van der Waals surface area (Å²) in [4.78, 5) is 11.4. The van der Waals surface area contributed by atoms with E-state index in [4.69, 9.17) is 4.74 Å². The summed E-state index contributed by atoms with van der Waals surface area (Å²) in [5, 5.41) is 3.29. The molecule has 0 amide bonds. The fraction of sp³-hybridized carbons (Fsp3) is 0.556. The van der Waals surface area contributed by atoms with Crippen molar-refractivity contribution in [1.29, 1.82) is 0 Å². The van der Waals surface area contributed by atoms with Gasteiger partial charge in [-0.05, 0) is 26.8 Å². The Morgan fingerprint density at radius 3 is 2.38 bits per heavy atom. The second-order valence-corrected chi connectivity index (χ2v) is 4.11. The molecule has 0 aliphatic heterocycles. The Hall–Kier alpha value is -1.53. The van der Waals surface area contributed by atoms with Crippen LogP contribution in [0.4, 0.5) is 18.0 Å². The standard InChI is InChI=1S/C9H11F3N2O2/c1-8(2,3)16-7(15)14-6(4-5-13-14)9(10,11)12/h4-5H,1-3H3. The zero-order valence-corrected chi connectivity index (χ0v) is 9.00. The van der Waals surface area contributed by atoms with E-state index in [1.807, 2.05) is 0 Å². The maximum atomic E-state index is 12.4. The normalized spacial score (nSPS) is 12.6. The van der Waals surface area contributed by atoms with Crippen LogP contribution in [0, 0.1) is 0 Å². The van der Waals surface area contributed by atoms with Gasteiger partial charge in [-0.1, -0.05) is 0 Å². The van der Waals surface area contributed by atoms with E-state index in [0.29, 0.717) is 6.07 Å². The van der Waals surface area contributed by atoms with Gasteiger partial charge in [0, 0.05) is 0 Å². The molecule has 0 saturated heterocycles. The number of carbonyl (C=O) groups is 1. The predicted octanol–water partition coefficient (Wildman–Crippen LogP) is 2.69. The summed E-state index contributed by atoms with van der Waals surface area (Å²) < 4.78 is 42.2. The number of alkyl halides is 3. The third-order valence-electron chi connectivity index (χ3n) is 1.50. The van der Waals surface area contributed by atoms with Gasteiger partial charge in [0.05, 0.1) is 6.20 Å². The second kappa shape index (κ2) is 3.80. The topological polar surface area (TPSA) is 44.1 Å². The van der Waals surface area contributed by atoms with Crippen LogP contribution in [0.2, 0.25) is 0 Å². The first-order valence-corrected chi connectivity index (χ1v) is 4.46. The van der Waals surface area contributed by atoms with Gasteiger partial charge in [0.2, 0.25) is 0 Å². The van der Waals surface area contributed by atoms with E-state index in [-0.39, 0.29) is 4.68 Å². The van der Waals surface area contributed by atoms with Gasteiger partial charge in [0.1, 0.15) is 5.60 Å². The number of ether oxygens (including phenoxy) is 1. The van der Waals surface area contributed by atoms with Crippen LogP contribution in [0.25, 0.3) is 0 Å². The minimum Gasteiger partial charge on any atom is -0.442 e. The fourth-order valence-electron chi connectivity index (χ4n) is 0.969. The Kier molecular flexibility index (Phi) is 2.98. The number of halogens is 3. The predicted molar refractivity (Wildman–Crippen MR) is 48.9 cm³/mol. The first kappa shape index (κ1) is 12.5. The molecule has 7 heteroatoms. The monoisotopic (exact) mass is 236 g/mol. The molecule has 0 bridgehead atoms. The summed E-state index contributed by atoms with van der Waals surface area (Å²) >= 11 is 0. The molecule has 0 fully saturated rings. The highest BCUT2D eigenvalue weighted by Gasteiger charge is 2.37. The first-order chi connectivity index (χ1) is 7.11. The van der Waals surface area contributed by atoms with E-state index in [0.717, 1.165) is 6.20 Å². The van der Waals surface area contributed by atoms with Crippen LogP contribution in [0.15, 0.2) is 12.3 Å². The lowest BCUT2D eigenvalue weighted by atomic mass is 10.2. The maximum Gasteiger partial charge on any atom is 0.435 e. The van der Waals surface area contributed by atoms with Crippen molar-refractivity contribution >= 4 is 6.09 Å². The van der Waals surface area contributed by atoms with E-state index >= 15 is 0 Å². The van der Waals surface area contributed by atoms with Crippen molar-refractivity contribution in [2.45, 2.75) is 32.5 Å². The molecule has 1 rings (SSSR count). The zero-order valence-electron chi connectivity index (χ0n) is 9.00. The summed E-state index contributed by atoms with van der Waals surface area (Å²) in [5.41, 5.74) is -2.02. The Morgan fingerprint density at radius 2 is 1.94 bits per heavy atom. The Labute approximate surface area is 90.0 Å². The summed E-state index contributed by atoms with van der Waals surface area (Å²) in [7, 11) is 0. The highest BCUT2D eigenvalue weighted by atomic mass is 19.4. The SMILES string of the molecule is CC(C)(C)OC(=O)n1nccc1C(F)(F)F. The zero-order chi connectivity index (χ0) is 12.6. The number of aromatic nitrogens is 2. The number of nitrogens with zero attached hydrogens (tertiary/aromatic N) is 2. The highest BCUT2D eigenvalue weighted by molar-refractivity contribution is 5.70. The van der Waals surface area contributed by atoms with Crippen molar-refractivity contribution in [2.24, 2.45) is 0 Å². The summed E-state index contributed by atoms with van der Waals surface area (Å²) in [6, 6.07) is 0.712. The maximum absolute atomic E-state index is 12.4. The van der Waals surface area contributed by atoms with Crippen LogP contribution in [0.5, 0.6) is 0 Å². The molecule has 0 radical (unpaired) electrons. The van der Waals surface area contributed by atoms with Gasteiger partial charge in [0.25, 0.3) is 0 Å². The molecule has 16 heavy (non-hydrogen) atoms. The van der Waals surface area contributed by atoms with Crippen molar-refractivity contribution in [1.82, 2.24) is 9.78 Å². The smallest absolute Gasteiger partial charge is 0.435 e. The molecule has 0 unspecified atom stereocenters. The van der Waals surface area contributed by atoms with Crippen LogP contribution in [0.3, 0.4) is 0 Å². The Balaban J connectivity index is 2.98. The molecule has 1 aromatic rings. The van der Waals surface area contributed by atoms with E-state index < -0.39 is 23.6 Å². The third kappa shape index (κ3) is 2.98. The number of rotatable bonds is 0. The summed E-state index contributed by atoms with van der Waals surface area (Å²) in [6.45, 7) is 4.67.